The molecule has 0 fully saturated rings. The van der Waals surface area contributed by atoms with Crippen molar-refractivity contribution >= 4 is 11.9 Å². The summed E-state index contributed by atoms with van der Waals surface area (Å²) in [5.74, 6) is 0.799. The maximum Gasteiger partial charge on any atom is 0.189 e. The Morgan fingerprint density at radius 3 is 2.95 bits per heavy atom. The van der Waals surface area contributed by atoms with Crippen LogP contribution < -0.4 is 4.74 Å². The van der Waals surface area contributed by atoms with Crippen molar-refractivity contribution in [2.45, 2.75) is 6.42 Å². The molecule has 0 saturated carbocycles. The smallest absolute Gasteiger partial charge is 0.189 e. The van der Waals surface area contributed by atoms with Crippen molar-refractivity contribution in [3.8, 4) is 5.75 Å². The lowest BCUT2D eigenvalue weighted by molar-refractivity contribution is 0.104. The number of carbonyl (C=O) groups excluding carboxylic acids is 1. The maximum absolute atomic E-state index is 12.3. The van der Waals surface area contributed by atoms with Gasteiger partial charge in [0.25, 0.3) is 0 Å². The van der Waals surface area contributed by atoms with Crippen LogP contribution in [0.2, 0.25) is 0 Å². The molecule has 0 N–H and O–H groups in total. The van der Waals surface area contributed by atoms with Gasteiger partial charge in [-0.25, -0.2) is 0 Å². The third-order valence-corrected chi connectivity index (χ3v) is 3.26. The van der Waals surface area contributed by atoms with Crippen LogP contribution in [0, 0.1) is 0 Å². The van der Waals surface area contributed by atoms with Crippen molar-refractivity contribution in [3.63, 3.8) is 0 Å². The van der Waals surface area contributed by atoms with Gasteiger partial charge in [-0.2, -0.15) is 0 Å². The van der Waals surface area contributed by atoms with Gasteiger partial charge in [-0.3, -0.25) is 9.78 Å². The van der Waals surface area contributed by atoms with Crippen LogP contribution in [0.25, 0.3) is 6.08 Å². The summed E-state index contributed by atoms with van der Waals surface area (Å²) < 4.78 is 5.16. The van der Waals surface area contributed by atoms with E-state index in [4.69, 9.17) is 4.74 Å². The molecule has 3 nitrogen and oxygen atoms in total. The number of ether oxygens (including phenoxy) is 1. The number of hydrogen-bond donors (Lipinski definition) is 0. The number of fused-ring (bicyclic) bond motifs is 1. The molecule has 0 saturated heterocycles. The van der Waals surface area contributed by atoms with Gasteiger partial charge >= 0.3 is 0 Å². The van der Waals surface area contributed by atoms with Crippen LogP contribution in [-0.2, 0) is 6.42 Å². The molecule has 0 amide bonds. The summed E-state index contributed by atoms with van der Waals surface area (Å²) in [5.41, 5.74) is 3.55. The fourth-order valence-electron chi connectivity index (χ4n) is 2.29. The molecule has 2 aromatic rings. The number of methoxy groups -OCH3 is 1. The predicted molar refractivity (Wildman–Crippen MR) is 73.2 cm³/mol. The molecule has 3 rings (SSSR count). The Kier molecular flexibility index (Phi) is 2.88. The molecule has 1 aromatic carbocycles. The monoisotopic (exact) mass is 251 g/mol. The molecule has 1 aromatic heterocycles. The van der Waals surface area contributed by atoms with Crippen LogP contribution in [0.5, 0.6) is 5.75 Å². The first-order valence-electron chi connectivity index (χ1n) is 6.10. The molecule has 0 bridgehead atoms. The molecule has 0 radical (unpaired) electrons. The van der Waals surface area contributed by atoms with Crippen LogP contribution in [0.15, 0.2) is 48.3 Å². The lowest BCUT2D eigenvalue weighted by Gasteiger charge is -2.01. The summed E-state index contributed by atoms with van der Waals surface area (Å²) in [5, 5.41) is 0. The number of rotatable bonds is 2. The van der Waals surface area contributed by atoms with Crippen molar-refractivity contribution in [1.82, 2.24) is 4.98 Å². The number of Topliss-reactive ketones (excluding diaryl/α,β-unsaturated/α-hetero) is 1. The topological polar surface area (TPSA) is 39.2 Å². The third-order valence-electron chi connectivity index (χ3n) is 3.26. The number of hydrogen-bond acceptors (Lipinski definition) is 3. The quantitative estimate of drug-likeness (QED) is 0.770. The second-order valence-corrected chi connectivity index (χ2v) is 4.48. The summed E-state index contributed by atoms with van der Waals surface area (Å²) >= 11 is 0. The zero-order chi connectivity index (χ0) is 13.2. The number of pyridine rings is 1. The summed E-state index contributed by atoms with van der Waals surface area (Å²) in [4.78, 5) is 16.4. The molecule has 1 heterocycles. The third kappa shape index (κ3) is 2.15. The molecule has 0 spiro atoms. The number of benzene rings is 1. The number of nitrogens with zero attached hydrogens (tertiary/aromatic N) is 1. The van der Waals surface area contributed by atoms with E-state index in [0.717, 1.165) is 28.0 Å². The fourth-order valence-corrected chi connectivity index (χ4v) is 2.29. The van der Waals surface area contributed by atoms with Gasteiger partial charge < -0.3 is 4.74 Å². The molecule has 3 heteroatoms. The van der Waals surface area contributed by atoms with E-state index in [0.29, 0.717) is 6.42 Å². The van der Waals surface area contributed by atoms with Gasteiger partial charge in [-0.1, -0.05) is 12.1 Å². The van der Waals surface area contributed by atoms with E-state index >= 15 is 0 Å². The standard InChI is InChI=1S/C16H13NO2/c1-19-14-5-4-12-8-13(16(18)15(12)9-14)7-11-3-2-6-17-10-11/h2-7,9-10H,8H2,1H3/b13-7+. The highest BCUT2D eigenvalue weighted by Crippen LogP contribution is 2.30. The number of aromatic nitrogens is 1. The number of allylic oxidation sites excluding steroid dienone is 1. The van der Waals surface area contributed by atoms with Gasteiger partial charge in [0.2, 0.25) is 0 Å². The van der Waals surface area contributed by atoms with Crippen LogP contribution in [0.1, 0.15) is 21.5 Å². The van der Waals surface area contributed by atoms with Crippen LogP contribution >= 0.6 is 0 Å². The Bertz CT molecular complexity index is 660. The highest BCUT2D eigenvalue weighted by molar-refractivity contribution is 6.15. The summed E-state index contributed by atoms with van der Waals surface area (Å²) in [6.45, 7) is 0. The molecule has 0 unspecified atom stereocenters. The molecule has 0 atom stereocenters. The maximum atomic E-state index is 12.3. The second-order valence-electron chi connectivity index (χ2n) is 4.48. The summed E-state index contributed by atoms with van der Waals surface area (Å²) in [7, 11) is 1.60. The zero-order valence-electron chi connectivity index (χ0n) is 10.6. The van der Waals surface area contributed by atoms with E-state index in [2.05, 4.69) is 4.98 Å². The van der Waals surface area contributed by atoms with Crippen molar-refractivity contribution in [2.24, 2.45) is 0 Å². The molecular weight excluding hydrogens is 238 g/mol. The van der Waals surface area contributed by atoms with Gasteiger partial charge in [0.15, 0.2) is 5.78 Å². The van der Waals surface area contributed by atoms with Gasteiger partial charge in [0.05, 0.1) is 7.11 Å². The first-order chi connectivity index (χ1) is 9.28. The van der Waals surface area contributed by atoms with Crippen LogP contribution in [0.3, 0.4) is 0 Å². The minimum atomic E-state index is 0.0813. The zero-order valence-corrected chi connectivity index (χ0v) is 10.6. The molecule has 1 aliphatic carbocycles. The second kappa shape index (κ2) is 4.69. The van der Waals surface area contributed by atoms with Crippen LogP contribution in [0.4, 0.5) is 0 Å². The summed E-state index contributed by atoms with van der Waals surface area (Å²) in [6, 6.07) is 9.45. The van der Waals surface area contributed by atoms with E-state index in [-0.39, 0.29) is 5.78 Å². The summed E-state index contributed by atoms with van der Waals surface area (Å²) in [6.07, 6.45) is 6.05. The Morgan fingerprint density at radius 1 is 1.32 bits per heavy atom. The largest absolute Gasteiger partial charge is 0.497 e. The Morgan fingerprint density at radius 2 is 2.21 bits per heavy atom. The van der Waals surface area contributed by atoms with Gasteiger partial charge in [0, 0.05) is 30.0 Å². The van der Waals surface area contributed by atoms with E-state index in [1.165, 1.54) is 0 Å². The van der Waals surface area contributed by atoms with Crippen molar-refractivity contribution < 1.29 is 9.53 Å². The van der Waals surface area contributed by atoms with Crippen molar-refractivity contribution in [2.75, 3.05) is 7.11 Å². The average Bonchev–Trinajstić information content (AvgIpc) is 2.76. The van der Waals surface area contributed by atoms with Crippen molar-refractivity contribution in [1.29, 1.82) is 0 Å². The highest BCUT2D eigenvalue weighted by atomic mass is 16.5. The Balaban J connectivity index is 1.97. The molecule has 1 aliphatic rings. The first kappa shape index (κ1) is 11.7. The predicted octanol–water partition coefficient (Wildman–Crippen LogP) is 2.91. The first-order valence-corrected chi connectivity index (χ1v) is 6.10. The minimum absolute atomic E-state index is 0.0813. The minimum Gasteiger partial charge on any atom is -0.497 e. The molecule has 94 valence electrons. The SMILES string of the molecule is COc1ccc2c(c1)C(=O)/C(=C/c1cccnc1)C2. The highest BCUT2D eigenvalue weighted by Gasteiger charge is 2.25. The van der Waals surface area contributed by atoms with E-state index in [1.54, 1.807) is 19.5 Å². The van der Waals surface area contributed by atoms with Gasteiger partial charge in [0.1, 0.15) is 5.75 Å². The number of carbonyl (C=O) groups is 1. The fraction of sp³-hybridized carbons (Fsp3) is 0.125. The lowest BCUT2D eigenvalue weighted by Crippen LogP contribution is -1.96. The normalized spacial score (nSPS) is 15.6. The van der Waals surface area contributed by atoms with E-state index < -0.39 is 0 Å². The Labute approximate surface area is 111 Å². The molecule has 19 heavy (non-hydrogen) atoms. The van der Waals surface area contributed by atoms with Gasteiger partial charge in [-0.15, -0.1) is 0 Å². The van der Waals surface area contributed by atoms with Gasteiger partial charge in [-0.05, 0) is 35.4 Å². The lowest BCUT2D eigenvalue weighted by atomic mass is 10.1. The van der Waals surface area contributed by atoms with Crippen molar-refractivity contribution in [3.05, 3.63) is 65.0 Å². The Hall–Kier alpha value is -2.42. The van der Waals surface area contributed by atoms with E-state index in [9.17, 15) is 4.79 Å². The molecular formula is C16H13NO2. The average molecular weight is 251 g/mol. The van der Waals surface area contributed by atoms with Crippen LogP contribution in [-0.4, -0.2) is 17.9 Å². The van der Waals surface area contributed by atoms with E-state index in [1.807, 2.05) is 36.4 Å². The molecule has 0 aliphatic heterocycles. The number of ketones is 1.